The molecule has 0 aromatic rings. The van der Waals surface area contributed by atoms with E-state index >= 15 is 0 Å². The van der Waals surface area contributed by atoms with Crippen molar-refractivity contribution in [3.05, 3.63) is 0 Å². The van der Waals surface area contributed by atoms with Crippen molar-refractivity contribution in [1.82, 2.24) is 5.32 Å². The van der Waals surface area contributed by atoms with Gasteiger partial charge in [0.2, 0.25) is 0 Å². The molecule has 1 N–H and O–H groups in total. The van der Waals surface area contributed by atoms with Crippen LogP contribution in [0.25, 0.3) is 0 Å². The van der Waals surface area contributed by atoms with Gasteiger partial charge in [0.1, 0.15) is 0 Å². The van der Waals surface area contributed by atoms with Crippen LogP contribution in [0.15, 0.2) is 0 Å². The second-order valence-corrected chi connectivity index (χ2v) is 5.43. The quantitative estimate of drug-likeness (QED) is 0.685. The summed E-state index contributed by atoms with van der Waals surface area (Å²) in [7, 11) is 0. The first-order valence-corrected chi connectivity index (χ1v) is 6.06. The Balaban J connectivity index is 1.76. The molecule has 3 fully saturated rings. The van der Waals surface area contributed by atoms with Crippen LogP contribution in [0.4, 0.5) is 0 Å². The fourth-order valence-electron chi connectivity index (χ4n) is 4.70. The van der Waals surface area contributed by atoms with E-state index in [0.717, 1.165) is 42.2 Å². The summed E-state index contributed by atoms with van der Waals surface area (Å²) in [5.41, 5.74) is 0. The van der Waals surface area contributed by atoms with Gasteiger partial charge in [0.25, 0.3) is 0 Å². The summed E-state index contributed by atoms with van der Waals surface area (Å²) >= 11 is 0. The maximum Gasteiger partial charge on any atom is 0.0129 e. The second kappa shape index (κ2) is 2.73. The Labute approximate surface area is 81.3 Å². The molecule has 0 aromatic carbocycles. The van der Waals surface area contributed by atoms with Crippen LogP contribution in [-0.4, -0.2) is 12.6 Å². The number of nitrogens with one attached hydrogen (secondary N) is 1. The molecule has 1 nitrogen and oxygen atoms in total. The van der Waals surface area contributed by atoms with Gasteiger partial charge in [0.15, 0.2) is 0 Å². The minimum atomic E-state index is 0.880. The smallest absolute Gasteiger partial charge is 0.0129 e. The maximum absolute atomic E-state index is 3.69. The lowest BCUT2D eigenvalue weighted by molar-refractivity contribution is -0.0170. The molecular formula is C12H21N. The van der Waals surface area contributed by atoms with Gasteiger partial charge >= 0.3 is 0 Å². The molecule has 3 aliphatic rings. The zero-order valence-electron chi connectivity index (χ0n) is 8.79. The second-order valence-electron chi connectivity index (χ2n) is 5.43. The Morgan fingerprint density at radius 2 is 1.85 bits per heavy atom. The van der Waals surface area contributed by atoms with Crippen molar-refractivity contribution in [2.45, 2.75) is 39.2 Å². The lowest BCUT2D eigenvalue weighted by Gasteiger charge is -2.53. The molecule has 0 heterocycles. The van der Waals surface area contributed by atoms with E-state index in [1.165, 1.54) is 0 Å². The zero-order valence-corrected chi connectivity index (χ0v) is 8.79. The normalized spacial score (nSPS) is 57.7. The van der Waals surface area contributed by atoms with Crippen LogP contribution in [-0.2, 0) is 0 Å². The van der Waals surface area contributed by atoms with Gasteiger partial charge in [-0.3, -0.25) is 0 Å². The summed E-state index contributed by atoms with van der Waals surface area (Å²) < 4.78 is 0. The van der Waals surface area contributed by atoms with E-state index < -0.39 is 0 Å². The molecule has 0 radical (unpaired) electrons. The van der Waals surface area contributed by atoms with E-state index in [2.05, 4.69) is 19.2 Å². The predicted molar refractivity (Wildman–Crippen MR) is 54.4 cm³/mol. The van der Waals surface area contributed by atoms with Crippen molar-refractivity contribution in [3.8, 4) is 0 Å². The van der Waals surface area contributed by atoms with E-state index in [0.29, 0.717) is 0 Å². The Morgan fingerprint density at radius 3 is 2.54 bits per heavy atom. The van der Waals surface area contributed by atoms with Crippen LogP contribution in [0.3, 0.4) is 0 Å². The topological polar surface area (TPSA) is 12.0 Å². The van der Waals surface area contributed by atoms with Gasteiger partial charge in [-0.15, -0.1) is 0 Å². The molecular weight excluding hydrogens is 158 g/mol. The Hall–Kier alpha value is -0.0400. The minimum Gasteiger partial charge on any atom is -0.314 e. The van der Waals surface area contributed by atoms with E-state index in [4.69, 9.17) is 0 Å². The summed E-state index contributed by atoms with van der Waals surface area (Å²) in [6, 6.07) is 0.880. The average molecular weight is 179 g/mol. The third-order valence-electron chi connectivity index (χ3n) is 5.07. The van der Waals surface area contributed by atoms with Crippen molar-refractivity contribution >= 4 is 0 Å². The molecule has 0 aromatic heterocycles. The molecule has 0 amide bonds. The molecule has 1 heteroatoms. The summed E-state index contributed by atoms with van der Waals surface area (Å²) in [5.74, 6) is 5.40. The third kappa shape index (κ3) is 0.918. The number of hydrogen-bond donors (Lipinski definition) is 1. The average Bonchev–Trinajstić information content (AvgIpc) is 2.70. The van der Waals surface area contributed by atoms with Gasteiger partial charge in [-0.2, -0.15) is 0 Å². The number of hydrogen-bond acceptors (Lipinski definition) is 1. The highest BCUT2D eigenvalue weighted by Gasteiger charge is 2.60. The van der Waals surface area contributed by atoms with Crippen LogP contribution in [0.1, 0.15) is 33.1 Å². The molecule has 2 bridgehead atoms. The molecule has 6 unspecified atom stereocenters. The van der Waals surface area contributed by atoms with Crippen molar-refractivity contribution in [2.75, 3.05) is 6.54 Å². The number of rotatable bonds is 2. The van der Waals surface area contributed by atoms with Crippen molar-refractivity contribution in [1.29, 1.82) is 0 Å². The summed E-state index contributed by atoms with van der Waals surface area (Å²) in [4.78, 5) is 0. The van der Waals surface area contributed by atoms with Crippen LogP contribution < -0.4 is 5.32 Å². The predicted octanol–water partition coefficient (Wildman–Crippen LogP) is 2.28. The first-order valence-electron chi connectivity index (χ1n) is 6.06. The monoisotopic (exact) mass is 179 g/mol. The zero-order chi connectivity index (χ0) is 9.00. The van der Waals surface area contributed by atoms with Crippen LogP contribution in [0.5, 0.6) is 0 Å². The molecule has 13 heavy (non-hydrogen) atoms. The van der Waals surface area contributed by atoms with Crippen molar-refractivity contribution in [3.63, 3.8) is 0 Å². The van der Waals surface area contributed by atoms with Crippen LogP contribution in [0, 0.1) is 29.6 Å². The summed E-state index contributed by atoms with van der Waals surface area (Å²) in [5, 5.41) is 3.69. The van der Waals surface area contributed by atoms with E-state index in [-0.39, 0.29) is 0 Å². The molecule has 3 saturated carbocycles. The van der Waals surface area contributed by atoms with Gasteiger partial charge in [0.05, 0.1) is 0 Å². The van der Waals surface area contributed by atoms with E-state index in [1.54, 1.807) is 19.3 Å². The fourth-order valence-corrected chi connectivity index (χ4v) is 4.70. The van der Waals surface area contributed by atoms with Gasteiger partial charge in [-0.1, -0.05) is 13.8 Å². The van der Waals surface area contributed by atoms with Gasteiger partial charge in [-0.25, -0.2) is 0 Å². The van der Waals surface area contributed by atoms with Gasteiger partial charge in [0, 0.05) is 6.04 Å². The molecule has 0 aliphatic heterocycles. The molecule has 3 rings (SSSR count). The number of fused-ring (bicyclic) bond motifs is 5. The maximum atomic E-state index is 3.69. The summed E-state index contributed by atoms with van der Waals surface area (Å²) in [6.45, 7) is 5.87. The lowest BCUT2D eigenvalue weighted by atomic mass is 9.56. The molecule has 0 saturated heterocycles. The third-order valence-corrected chi connectivity index (χ3v) is 5.07. The van der Waals surface area contributed by atoms with Crippen molar-refractivity contribution < 1.29 is 0 Å². The van der Waals surface area contributed by atoms with Crippen molar-refractivity contribution in [2.24, 2.45) is 29.6 Å². The fraction of sp³-hybridized carbons (Fsp3) is 1.00. The van der Waals surface area contributed by atoms with Gasteiger partial charge < -0.3 is 5.32 Å². The molecule has 0 spiro atoms. The highest BCUT2D eigenvalue weighted by atomic mass is 15.0. The van der Waals surface area contributed by atoms with Gasteiger partial charge in [-0.05, 0) is 55.4 Å². The highest BCUT2D eigenvalue weighted by molar-refractivity contribution is 5.11. The van der Waals surface area contributed by atoms with E-state index in [1.807, 2.05) is 0 Å². The SMILES string of the molecule is CCNC1C(C)C2C3CCC(C3)C12. The summed E-state index contributed by atoms with van der Waals surface area (Å²) in [6.07, 6.45) is 4.66. The first kappa shape index (κ1) is 8.28. The standard InChI is InChI=1S/C12H21N/c1-3-13-12-7(2)10-8-4-5-9(6-8)11(10)12/h7-13H,3-6H2,1-2H3. The first-order chi connectivity index (χ1) is 6.33. The molecule has 6 atom stereocenters. The largest absolute Gasteiger partial charge is 0.314 e. The van der Waals surface area contributed by atoms with Crippen LogP contribution in [0.2, 0.25) is 0 Å². The molecule has 3 aliphatic carbocycles. The Bertz CT molecular complexity index is 213. The molecule has 74 valence electrons. The van der Waals surface area contributed by atoms with Crippen LogP contribution >= 0.6 is 0 Å². The minimum absolute atomic E-state index is 0.880. The Kier molecular flexibility index (Phi) is 1.74. The highest BCUT2D eigenvalue weighted by Crippen LogP contribution is 2.63. The lowest BCUT2D eigenvalue weighted by Crippen LogP contribution is -2.59. The Morgan fingerprint density at radius 1 is 1.15 bits per heavy atom. The van der Waals surface area contributed by atoms with E-state index in [9.17, 15) is 0 Å².